The lowest BCUT2D eigenvalue weighted by Crippen LogP contribution is -2.59. The fraction of sp³-hybridized carbons (Fsp3) is 0.500. The second-order valence-electron chi connectivity index (χ2n) is 9.39. The molecule has 0 aromatic heterocycles. The molecule has 8 nitrogen and oxygen atoms in total. The maximum Gasteiger partial charge on any atom is 0.240 e. The van der Waals surface area contributed by atoms with Gasteiger partial charge in [0.1, 0.15) is 12.4 Å². The maximum atomic E-state index is 13.4. The first-order chi connectivity index (χ1) is 16.8. The first-order valence-electron chi connectivity index (χ1n) is 12.2. The van der Waals surface area contributed by atoms with Crippen LogP contribution >= 0.6 is 0 Å². The third kappa shape index (κ3) is 5.09. The van der Waals surface area contributed by atoms with Gasteiger partial charge in [-0.15, -0.1) is 0 Å². The molecular formula is C26H35N3O5S. The molecule has 2 aliphatic rings. The van der Waals surface area contributed by atoms with E-state index >= 15 is 0 Å². The van der Waals surface area contributed by atoms with E-state index in [1.165, 1.54) is 9.87 Å². The summed E-state index contributed by atoms with van der Waals surface area (Å²) in [5.41, 5.74) is 15.7. The molecule has 0 aliphatic carbocycles. The molecule has 2 aliphatic heterocycles. The van der Waals surface area contributed by atoms with Crippen LogP contribution in [-0.4, -0.2) is 62.8 Å². The van der Waals surface area contributed by atoms with Crippen molar-refractivity contribution >= 4 is 15.9 Å². The number of hydrogen-bond donors (Lipinski definition) is 2. The number of carbonyl (C=O) groups is 1. The zero-order valence-electron chi connectivity index (χ0n) is 20.2. The number of sulfonamides is 1. The molecular weight excluding hydrogens is 466 g/mol. The van der Waals surface area contributed by atoms with Gasteiger partial charge in [0.15, 0.2) is 4.75 Å². The van der Waals surface area contributed by atoms with E-state index in [2.05, 4.69) is 31.2 Å². The van der Waals surface area contributed by atoms with Crippen LogP contribution in [-0.2, 0) is 19.6 Å². The molecule has 0 unspecified atom stereocenters. The molecule has 190 valence electrons. The number of piperidine rings is 1. The van der Waals surface area contributed by atoms with E-state index in [0.717, 1.165) is 22.4 Å². The van der Waals surface area contributed by atoms with Crippen molar-refractivity contribution in [2.75, 3.05) is 39.5 Å². The van der Waals surface area contributed by atoms with Gasteiger partial charge in [0.2, 0.25) is 15.9 Å². The van der Waals surface area contributed by atoms with Gasteiger partial charge in [0.05, 0.1) is 0 Å². The van der Waals surface area contributed by atoms with Crippen LogP contribution in [0.1, 0.15) is 42.7 Å². The Labute approximate surface area is 207 Å². The molecule has 2 aromatic rings. The summed E-state index contributed by atoms with van der Waals surface area (Å²) in [6, 6.07) is 14.4. The molecule has 0 atom stereocenters. The zero-order chi connectivity index (χ0) is 25.1. The summed E-state index contributed by atoms with van der Waals surface area (Å²) in [5.74, 6) is 0.280. The molecule has 4 rings (SSSR count). The molecule has 0 spiro atoms. The lowest BCUT2D eigenvalue weighted by molar-refractivity contribution is -0.123. The van der Waals surface area contributed by atoms with Crippen LogP contribution in [0.15, 0.2) is 42.5 Å². The normalized spacial score (nSPS) is 19.4. The van der Waals surface area contributed by atoms with Crippen molar-refractivity contribution in [2.45, 2.75) is 43.3 Å². The Hall–Kier alpha value is -2.46. The average Bonchev–Trinajstić information content (AvgIpc) is 2.88. The van der Waals surface area contributed by atoms with Crippen LogP contribution in [0.5, 0.6) is 5.75 Å². The molecule has 4 N–H and O–H groups in total. The highest BCUT2D eigenvalue weighted by atomic mass is 32.2. The van der Waals surface area contributed by atoms with Crippen molar-refractivity contribution < 1.29 is 22.7 Å². The number of hydrogen-bond acceptors (Lipinski definition) is 6. The molecule has 2 heterocycles. The number of benzene rings is 2. The Morgan fingerprint density at radius 2 is 1.86 bits per heavy atom. The zero-order valence-corrected chi connectivity index (χ0v) is 21.1. The van der Waals surface area contributed by atoms with Crippen LogP contribution < -0.4 is 16.2 Å². The van der Waals surface area contributed by atoms with E-state index in [1.54, 1.807) is 0 Å². The van der Waals surface area contributed by atoms with Crippen LogP contribution in [0.4, 0.5) is 0 Å². The molecule has 35 heavy (non-hydrogen) atoms. The van der Waals surface area contributed by atoms with E-state index in [-0.39, 0.29) is 32.0 Å². The molecule has 2 fully saturated rings. The van der Waals surface area contributed by atoms with Crippen LogP contribution in [0.25, 0.3) is 11.1 Å². The van der Waals surface area contributed by atoms with Gasteiger partial charge in [0.25, 0.3) is 0 Å². The lowest BCUT2D eigenvalue weighted by atomic mass is 9.87. The largest absolute Gasteiger partial charge is 0.492 e. The summed E-state index contributed by atoms with van der Waals surface area (Å²) in [6.45, 7) is 4.25. The molecule has 2 aromatic carbocycles. The Kier molecular flexibility index (Phi) is 7.80. The Balaban J connectivity index is 1.46. The monoisotopic (exact) mass is 501 g/mol. The third-order valence-corrected chi connectivity index (χ3v) is 9.93. The fourth-order valence-corrected chi connectivity index (χ4v) is 7.33. The molecule has 0 radical (unpaired) electrons. The van der Waals surface area contributed by atoms with Gasteiger partial charge in [-0.1, -0.05) is 30.3 Å². The summed E-state index contributed by atoms with van der Waals surface area (Å²) < 4.78 is 37.8. The SMILES string of the molecule is Cc1cc(C2CCN(S(=O)(=O)C3(C(N)=O)CCOCC3)CC2)ccc1-c1cccc(OCCN)c1. The summed E-state index contributed by atoms with van der Waals surface area (Å²) >= 11 is 0. The van der Waals surface area contributed by atoms with Crippen molar-refractivity contribution in [1.29, 1.82) is 0 Å². The van der Waals surface area contributed by atoms with Crippen molar-refractivity contribution in [3.05, 3.63) is 53.6 Å². The number of nitrogens with two attached hydrogens (primary N) is 2. The Morgan fingerprint density at radius 3 is 2.49 bits per heavy atom. The summed E-state index contributed by atoms with van der Waals surface area (Å²) in [4.78, 5) is 12.3. The first-order valence-corrected chi connectivity index (χ1v) is 13.6. The number of rotatable bonds is 8. The number of carbonyl (C=O) groups excluding carboxylic acids is 1. The van der Waals surface area contributed by atoms with E-state index in [4.69, 9.17) is 20.9 Å². The van der Waals surface area contributed by atoms with Crippen molar-refractivity contribution in [3.8, 4) is 16.9 Å². The van der Waals surface area contributed by atoms with Gasteiger partial charge >= 0.3 is 0 Å². The molecule has 2 saturated heterocycles. The Morgan fingerprint density at radius 1 is 1.14 bits per heavy atom. The van der Waals surface area contributed by atoms with Crippen molar-refractivity contribution in [1.82, 2.24) is 4.31 Å². The molecule has 0 bridgehead atoms. The standard InChI is InChI=1S/C26H35N3O5S/c1-19-17-21(5-6-24(19)22-3-2-4-23(18-22)34-16-11-27)20-7-12-29(13-8-20)35(31,32)26(25(28)30)9-14-33-15-10-26/h2-6,17-18,20H,7-16,27H2,1H3,(H2,28,30). The van der Waals surface area contributed by atoms with Crippen LogP contribution in [0.2, 0.25) is 0 Å². The van der Waals surface area contributed by atoms with Crippen LogP contribution in [0, 0.1) is 6.92 Å². The minimum atomic E-state index is -3.85. The topological polar surface area (TPSA) is 125 Å². The average molecular weight is 502 g/mol. The lowest BCUT2D eigenvalue weighted by Gasteiger charge is -2.40. The summed E-state index contributed by atoms with van der Waals surface area (Å²) in [7, 11) is -3.85. The summed E-state index contributed by atoms with van der Waals surface area (Å²) in [6.07, 6.45) is 1.63. The van der Waals surface area contributed by atoms with Gasteiger partial charge in [-0.25, -0.2) is 12.7 Å². The van der Waals surface area contributed by atoms with E-state index < -0.39 is 20.7 Å². The van der Waals surface area contributed by atoms with E-state index in [9.17, 15) is 13.2 Å². The van der Waals surface area contributed by atoms with Gasteiger partial charge in [0, 0.05) is 45.7 Å². The Bertz CT molecular complexity index is 1150. The minimum absolute atomic E-state index is 0.115. The molecule has 1 amide bonds. The van der Waals surface area contributed by atoms with E-state index in [0.29, 0.717) is 39.1 Å². The number of primary amides is 1. The first kappa shape index (κ1) is 25.6. The smallest absolute Gasteiger partial charge is 0.240 e. The van der Waals surface area contributed by atoms with Gasteiger partial charge in [-0.3, -0.25) is 4.79 Å². The van der Waals surface area contributed by atoms with Gasteiger partial charge in [-0.2, -0.15) is 0 Å². The van der Waals surface area contributed by atoms with Crippen molar-refractivity contribution in [3.63, 3.8) is 0 Å². The summed E-state index contributed by atoms with van der Waals surface area (Å²) in [5, 5.41) is 0. The number of aryl methyl sites for hydroxylation is 1. The second kappa shape index (κ2) is 10.7. The highest BCUT2D eigenvalue weighted by molar-refractivity contribution is 7.91. The number of ether oxygens (including phenoxy) is 2. The number of amides is 1. The molecule has 0 saturated carbocycles. The quantitative estimate of drug-likeness (QED) is 0.573. The molecule has 9 heteroatoms. The highest BCUT2D eigenvalue weighted by Crippen LogP contribution is 2.37. The third-order valence-electron chi connectivity index (χ3n) is 7.29. The minimum Gasteiger partial charge on any atom is -0.492 e. The highest BCUT2D eigenvalue weighted by Gasteiger charge is 2.53. The predicted molar refractivity (Wildman–Crippen MR) is 136 cm³/mol. The predicted octanol–water partition coefficient (Wildman–Crippen LogP) is 2.54. The second-order valence-corrected chi connectivity index (χ2v) is 11.6. The fourth-order valence-electron chi connectivity index (χ4n) is 5.20. The van der Waals surface area contributed by atoms with Crippen LogP contribution in [0.3, 0.4) is 0 Å². The van der Waals surface area contributed by atoms with E-state index in [1.807, 2.05) is 18.2 Å². The van der Waals surface area contributed by atoms with Crippen molar-refractivity contribution in [2.24, 2.45) is 11.5 Å². The van der Waals surface area contributed by atoms with Gasteiger partial charge < -0.3 is 20.9 Å². The maximum absolute atomic E-state index is 13.4. The number of nitrogens with zero attached hydrogens (tertiary/aromatic N) is 1. The van der Waals surface area contributed by atoms with Gasteiger partial charge in [-0.05, 0) is 60.1 Å².